The molecule has 0 aromatic rings. The fraction of sp³-hybridized carbons (Fsp3) is 0.667. The predicted octanol–water partition coefficient (Wildman–Crippen LogP) is 7.44. The van der Waals surface area contributed by atoms with Crippen LogP contribution < -0.4 is 0 Å². The molecule has 0 aliphatic rings. The van der Waals surface area contributed by atoms with Crippen LogP contribution in [0.15, 0.2) is 23.8 Å². The first-order chi connectivity index (χ1) is 10.5. The minimum absolute atomic E-state index is 0.237. The average Bonchev–Trinajstić information content (AvgIpc) is 2.01. The zero-order chi connectivity index (χ0) is 21.3. The molecular formula is C12H13F13. The Labute approximate surface area is 134 Å². The van der Waals surface area contributed by atoms with Gasteiger partial charge < -0.3 is 0 Å². The van der Waals surface area contributed by atoms with E-state index < -0.39 is 54.7 Å². The van der Waals surface area contributed by atoms with Gasteiger partial charge in [-0.05, 0) is 20.8 Å². The van der Waals surface area contributed by atoms with Crippen molar-refractivity contribution in [2.24, 2.45) is 0 Å². The monoisotopic (exact) mass is 404 g/mol. The van der Waals surface area contributed by atoms with Crippen LogP contribution >= 0.6 is 0 Å². The predicted molar refractivity (Wildman–Crippen MR) is 63.1 cm³/mol. The third-order valence-electron chi connectivity index (χ3n) is 1.24. The van der Waals surface area contributed by atoms with Crippen LogP contribution in [0.3, 0.4) is 0 Å². The Morgan fingerprint density at radius 3 is 0.880 bits per heavy atom. The van der Waals surface area contributed by atoms with Crippen molar-refractivity contribution in [2.75, 3.05) is 0 Å². The number of rotatable bonds is 1. The summed E-state index contributed by atoms with van der Waals surface area (Å²) in [5.74, 6) is -6.09. The number of halogens is 13. The van der Waals surface area contributed by atoms with Gasteiger partial charge in [0.1, 0.15) is 18.1 Å². The zero-order valence-electron chi connectivity index (χ0n) is 12.8. The lowest BCUT2D eigenvalue weighted by Crippen LogP contribution is -2.21. The second kappa shape index (κ2) is 10.5. The highest BCUT2D eigenvalue weighted by Gasteiger charge is 2.39. The Kier molecular flexibility index (Phi) is 12.0. The van der Waals surface area contributed by atoms with Crippen molar-refractivity contribution in [2.45, 2.75) is 51.6 Å². The molecule has 0 saturated carbocycles. The molecule has 0 unspecified atom stereocenters. The van der Waals surface area contributed by atoms with Crippen LogP contribution in [0.2, 0.25) is 0 Å². The van der Waals surface area contributed by atoms with Gasteiger partial charge in [-0.3, -0.25) is 0 Å². The lowest BCUT2D eigenvalue weighted by Gasteiger charge is -2.11. The molecule has 0 heterocycles. The molecule has 0 saturated heterocycles. The van der Waals surface area contributed by atoms with Gasteiger partial charge in [-0.25, -0.2) is 17.6 Å². The van der Waals surface area contributed by atoms with E-state index in [0.29, 0.717) is 0 Å². The largest absolute Gasteiger partial charge is 0.412 e. The molecule has 0 aliphatic heterocycles. The van der Waals surface area contributed by atoms with Crippen molar-refractivity contribution in [3.05, 3.63) is 23.8 Å². The summed E-state index contributed by atoms with van der Waals surface area (Å²) in [6, 6.07) is 0. The molecule has 0 rings (SSSR count). The smallest absolute Gasteiger partial charge is 0.212 e. The topological polar surface area (TPSA) is 0 Å². The minimum atomic E-state index is -4.77. The van der Waals surface area contributed by atoms with Crippen LogP contribution in [-0.4, -0.2) is 24.5 Å². The summed E-state index contributed by atoms with van der Waals surface area (Å²) in [4.78, 5) is 0. The van der Waals surface area contributed by atoms with Crippen molar-refractivity contribution in [3.8, 4) is 0 Å². The van der Waals surface area contributed by atoms with Gasteiger partial charge in [0.05, 0.1) is 12.2 Å². The fourth-order valence-corrected chi connectivity index (χ4v) is 0.803. The molecule has 0 fully saturated rings. The van der Waals surface area contributed by atoms with Crippen LogP contribution in [-0.2, 0) is 0 Å². The molecule has 13 heteroatoms. The molecule has 0 amide bonds. The van der Waals surface area contributed by atoms with Crippen molar-refractivity contribution in [1.29, 1.82) is 0 Å². The summed E-state index contributed by atoms with van der Waals surface area (Å²) in [6.45, 7) is 1.72. The average molecular weight is 404 g/mol. The third-order valence-corrected chi connectivity index (χ3v) is 1.24. The Bertz CT molecular complexity index is 366. The van der Waals surface area contributed by atoms with E-state index in [1.54, 1.807) is 0 Å². The fourth-order valence-electron chi connectivity index (χ4n) is 0.803. The third kappa shape index (κ3) is 45.0. The van der Waals surface area contributed by atoms with Gasteiger partial charge in [-0.15, -0.1) is 0 Å². The maximum Gasteiger partial charge on any atom is 0.412 e. The summed E-state index contributed by atoms with van der Waals surface area (Å²) in [6.07, 6.45) is -16.6. The van der Waals surface area contributed by atoms with E-state index >= 15 is 0 Å². The molecule has 152 valence electrons. The molecule has 0 nitrogen and oxygen atoms in total. The number of allylic oxidation sites excluding steroid dienone is 4. The summed E-state index contributed by atoms with van der Waals surface area (Å²) in [5.41, 5.74) is 0. The quantitative estimate of drug-likeness (QED) is 0.399. The highest BCUT2D eigenvalue weighted by Crippen LogP contribution is 2.30. The van der Waals surface area contributed by atoms with Gasteiger partial charge in [0, 0.05) is 0 Å². The van der Waals surface area contributed by atoms with Gasteiger partial charge >= 0.3 is 18.5 Å². The maximum absolute atomic E-state index is 11.5. The molecule has 0 N–H and O–H groups in total. The van der Waals surface area contributed by atoms with Crippen molar-refractivity contribution < 1.29 is 57.1 Å². The molecule has 0 aliphatic carbocycles. The summed E-state index contributed by atoms with van der Waals surface area (Å²) >= 11 is 0. The van der Waals surface area contributed by atoms with E-state index in [1.165, 1.54) is 0 Å². The first kappa shape index (κ1) is 28.4. The highest BCUT2D eigenvalue weighted by atomic mass is 19.4. The van der Waals surface area contributed by atoms with Crippen LogP contribution in [0.4, 0.5) is 57.1 Å². The van der Waals surface area contributed by atoms with Crippen molar-refractivity contribution in [1.82, 2.24) is 0 Å². The van der Waals surface area contributed by atoms with E-state index in [-0.39, 0.29) is 6.92 Å². The summed E-state index contributed by atoms with van der Waals surface area (Å²) in [7, 11) is 0. The maximum atomic E-state index is 11.5. The van der Waals surface area contributed by atoms with E-state index in [0.717, 1.165) is 13.8 Å². The van der Waals surface area contributed by atoms with Gasteiger partial charge in [0.15, 0.2) is 0 Å². The van der Waals surface area contributed by atoms with E-state index in [2.05, 4.69) is 0 Å². The molecule has 0 atom stereocenters. The zero-order valence-corrected chi connectivity index (χ0v) is 12.8. The first-order valence-corrected chi connectivity index (χ1v) is 5.82. The SMILES string of the molecule is C/C(F)=C/C(F)(F)F.C/C(F)=C\C(F)(F)F.CC(F)(F)CC(F)(F)F. The Morgan fingerprint density at radius 1 is 0.640 bits per heavy atom. The molecule has 0 bridgehead atoms. The van der Waals surface area contributed by atoms with Crippen LogP contribution in [0.25, 0.3) is 0 Å². The van der Waals surface area contributed by atoms with Gasteiger partial charge in [-0.2, -0.15) is 39.5 Å². The van der Waals surface area contributed by atoms with E-state index in [4.69, 9.17) is 0 Å². The lowest BCUT2D eigenvalue weighted by atomic mass is 10.3. The van der Waals surface area contributed by atoms with Gasteiger partial charge in [0.25, 0.3) is 5.92 Å². The molecular weight excluding hydrogens is 391 g/mol. The van der Waals surface area contributed by atoms with E-state index in [1.807, 2.05) is 0 Å². The molecule has 0 aromatic carbocycles. The number of alkyl halides is 11. The van der Waals surface area contributed by atoms with Gasteiger partial charge in [-0.1, -0.05) is 0 Å². The number of hydrogen-bond donors (Lipinski definition) is 0. The van der Waals surface area contributed by atoms with Crippen molar-refractivity contribution in [3.63, 3.8) is 0 Å². The molecule has 25 heavy (non-hydrogen) atoms. The lowest BCUT2D eigenvalue weighted by molar-refractivity contribution is -0.182. The van der Waals surface area contributed by atoms with Crippen molar-refractivity contribution >= 4 is 0 Å². The van der Waals surface area contributed by atoms with Crippen LogP contribution in [0, 0.1) is 0 Å². The van der Waals surface area contributed by atoms with Crippen LogP contribution in [0.5, 0.6) is 0 Å². The van der Waals surface area contributed by atoms with E-state index in [9.17, 15) is 57.1 Å². The first-order valence-electron chi connectivity index (χ1n) is 5.82. The molecule has 0 radical (unpaired) electrons. The Morgan fingerprint density at radius 2 is 0.880 bits per heavy atom. The summed E-state index contributed by atoms with van der Waals surface area (Å²) < 4.78 is 145. The normalized spacial score (nSPS) is 14.2. The molecule has 0 aromatic heterocycles. The number of hydrogen-bond acceptors (Lipinski definition) is 0. The summed E-state index contributed by atoms with van der Waals surface area (Å²) in [5, 5.41) is 0. The highest BCUT2D eigenvalue weighted by molar-refractivity contribution is 4.92. The van der Waals surface area contributed by atoms with Gasteiger partial charge in [0.2, 0.25) is 0 Å². The second-order valence-corrected chi connectivity index (χ2v) is 4.41. The van der Waals surface area contributed by atoms with Crippen LogP contribution in [0.1, 0.15) is 27.2 Å². The minimum Gasteiger partial charge on any atom is -0.212 e. The molecule has 0 spiro atoms. The Balaban J connectivity index is -0.000000291. The second-order valence-electron chi connectivity index (χ2n) is 4.41. The Hall–Kier alpha value is -1.43. The standard InChI is InChI=1S/C4H5F5.2C4H4F4/c1-3(5,6)2-4(7,8)9;2*1-3(5)2-4(6,7)8/h2H2,1H3;2*2H,1H3/b;3-2+;3-2-.